The van der Waals surface area contributed by atoms with Gasteiger partial charge in [-0.2, -0.15) is 11.8 Å². The summed E-state index contributed by atoms with van der Waals surface area (Å²) in [7, 11) is -3.81. The largest absolute Gasteiger partial charge is 0.393 e. The number of sulfonamides is 1. The van der Waals surface area contributed by atoms with Crippen molar-refractivity contribution in [3.63, 3.8) is 0 Å². The monoisotopic (exact) mass is 319 g/mol. The molecule has 7 nitrogen and oxygen atoms in total. The van der Waals surface area contributed by atoms with Gasteiger partial charge in [0, 0.05) is 17.9 Å². The second-order valence-electron chi connectivity index (χ2n) is 4.41. The number of benzene rings is 1. The Bertz CT molecular complexity index is 616. The van der Waals surface area contributed by atoms with E-state index >= 15 is 0 Å². The summed E-state index contributed by atoms with van der Waals surface area (Å²) in [6.45, 7) is 3.28. The third kappa shape index (κ3) is 3.84. The van der Waals surface area contributed by atoms with Crippen molar-refractivity contribution < 1.29 is 13.3 Å². The van der Waals surface area contributed by atoms with Crippen LogP contribution in [0.2, 0.25) is 0 Å². The van der Waals surface area contributed by atoms with Gasteiger partial charge in [-0.3, -0.25) is 10.1 Å². The second kappa shape index (κ2) is 6.42. The Morgan fingerprint density at radius 2 is 2.10 bits per heavy atom. The highest BCUT2D eigenvalue weighted by atomic mass is 32.2. The van der Waals surface area contributed by atoms with E-state index in [1.807, 2.05) is 6.26 Å². The number of nitrogens with two attached hydrogens (primary N) is 1. The number of nitrogens with zero attached hydrogens (tertiary/aromatic N) is 1. The zero-order valence-electron chi connectivity index (χ0n) is 11.4. The predicted molar refractivity (Wildman–Crippen MR) is 80.4 cm³/mol. The van der Waals surface area contributed by atoms with Gasteiger partial charge in [0.15, 0.2) is 0 Å². The summed E-state index contributed by atoms with van der Waals surface area (Å²) in [6, 6.07) is 2.02. The summed E-state index contributed by atoms with van der Waals surface area (Å²) in [5.74, 6) is 0.606. The minimum Gasteiger partial charge on any atom is -0.393 e. The third-order valence-corrected chi connectivity index (χ3v) is 5.15. The van der Waals surface area contributed by atoms with Crippen molar-refractivity contribution >= 4 is 33.2 Å². The van der Waals surface area contributed by atoms with Gasteiger partial charge >= 0.3 is 0 Å². The van der Waals surface area contributed by atoms with Crippen LogP contribution in [0, 0.1) is 17.0 Å². The molecule has 1 unspecified atom stereocenters. The van der Waals surface area contributed by atoms with Crippen LogP contribution in [0.3, 0.4) is 0 Å². The molecule has 0 aliphatic heterocycles. The quantitative estimate of drug-likeness (QED) is 0.466. The van der Waals surface area contributed by atoms with Crippen molar-refractivity contribution in [1.29, 1.82) is 0 Å². The number of nitro groups is 1. The second-order valence-corrected chi connectivity index (χ2v) is 7.00. The number of thioether (sulfide) groups is 1. The van der Waals surface area contributed by atoms with E-state index < -0.39 is 20.6 Å². The first-order valence-electron chi connectivity index (χ1n) is 5.74. The van der Waals surface area contributed by atoms with E-state index in [-0.39, 0.29) is 16.6 Å². The fourth-order valence-electron chi connectivity index (χ4n) is 1.76. The van der Waals surface area contributed by atoms with Gasteiger partial charge in [-0.05, 0) is 31.7 Å². The van der Waals surface area contributed by atoms with E-state index in [1.165, 1.54) is 17.8 Å². The van der Waals surface area contributed by atoms with Gasteiger partial charge < -0.3 is 5.73 Å². The van der Waals surface area contributed by atoms with Gasteiger partial charge in [0.1, 0.15) is 5.69 Å². The number of nitrogen functional groups attached to an aromatic ring is 1. The molecule has 0 fully saturated rings. The Morgan fingerprint density at radius 1 is 1.50 bits per heavy atom. The van der Waals surface area contributed by atoms with E-state index in [0.717, 1.165) is 6.07 Å². The molecule has 0 radical (unpaired) electrons. The van der Waals surface area contributed by atoms with Gasteiger partial charge in [0.05, 0.1) is 9.82 Å². The van der Waals surface area contributed by atoms with Gasteiger partial charge in [0.2, 0.25) is 10.0 Å². The van der Waals surface area contributed by atoms with Crippen LogP contribution in [0.1, 0.15) is 12.5 Å². The van der Waals surface area contributed by atoms with E-state index in [4.69, 9.17) is 5.73 Å². The molecule has 0 saturated heterocycles. The first kappa shape index (κ1) is 16.7. The maximum absolute atomic E-state index is 12.2. The molecule has 0 amide bonds. The third-order valence-electron chi connectivity index (χ3n) is 2.58. The van der Waals surface area contributed by atoms with E-state index in [0.29, 0.717) is 11.3 Å². The predicted octanol–water partition coefficient (Wildman–Crippen LogP) is 1.52. The minimum atomic E-state index is -3.81. The van der Waals surface area contributed by atoms with Crippen LogP contribution >= 0.6 is 11.8 Å². The van der Waals surface area contributed by atoms with Crippen molar-refractivity contribution in [3.05, 3.63) is 27.8 Å². The molecular weight excluding hydrogens is 302 g/mol. The molecule has 112 valence electrons. The van der Waals surface area contributed by atoms with E-state index in [1.54, 1.807) is 13.8 Å². The zero-order valence-corrected chi connectivity index (χ0v) is 13.0. The molecule has 1 aromatic rings. The average Bonchev–Trinajstić information content (AvgIpc) is 2.27. The molecule has 1 aromatic carbocycles. The van der Waals surface area contributed by atoms with Crippen LogP contribution in [-0.2, 0) is 10.0 Å². The minimum absolute atomic E-state index is 0.0522. The van der Waals surface area contributed by atoms with Crippen molar-refractivity contribution in [3.8, 4) is 0 Å². The standard InChI is InChI=1S/C11H17N3O4S2/c1-7-4-9(12)10(14(15)16)5-11(7)20(17,18)13-8(2)6-19-3/h4-5,8,13H,6,12H2,1-3H3. The molecule has 9 heteroatoms. The fraction of sp³-hybridized carbons (Fsp3) is 0.455. The molecular formula is C11H17N3O4S2. The summed E-state index contributed by atoms with van der Waals surface area (Å²) in [5, 5.41) is 10.8. The number of rotatable bonds is 6. The normalized spacial score (nSPS) is 13.2. The maximum Gasteiger partial charge on any atom is 0.293 e. The number of nitro benzene ring substituents is 1. The molecule has 0 saturated carbocycles. The Hall–Kier alpha value is -1.32. The Balaban J connectivity index is 3.24. The SMILES string of the molecule is CSCC(C)NS(=O)(=O)c1cc([N+](=O)[O-])c(N)cc1C. The Labute approximate surface area is 122 Å². The highest BCUT2D eigenvalue weighted by molar-refractivity contribution is 7.98. The summed E-state index contributed by atoms with van der Waals surface area (Å²) >= 11 is 1.51. The molecule has 0 aromatic heterocycles. The van der Waals surface area contributed by atoms with E-state index in [9.17, 15) is 18.5 Å². The van der Waals surface area contributed by atoms with Crippen LogP contribution in [0.15, 0.2) is 17.0 Å². The van der Waals surface area contributed by atoms with Crippen LogP contribution < -0.4 is 10.5 Å². The first-order chi connectivity index (χ1) is 9.19. The zero-order chi connectivity index (χ0) is 15.5. The average molecular weight is 319 g/mol. The highest BCUT2D eigenvalue weighted by Gasteiger charge is 2.24. The summed E-state index contributed by atoms with van der Waals surface area (Å²) < 4.78 is 27.0. The van der Waals surface area contributed by atoms with Crippen LogP contribution in [0.25, 0.3) is 0 Å². The Kier molecular flexibility index (Phi) is 5.37. The highest BCUT2D eigenvalue weighted by Crippen LogP contribution is 2.28. The first-order valence-corrected chi connectivity index (χ1v) is 8.62. The van der Waals surface area contributed by atoms with Gasteiger partial charge in [-0.1, -0.05) is 0 Å². The lowest BCUT2D eigenvalue weighted by Crippen LogP contribution is -2.34. The van der Waals surface area contributed by atoms with Crippen LogP contribution in [0.5, 0.6) is 0 Å². The summed E-state index contributed by atoms with van der Waals surface area (Å²) in [5.41, 5.74) is 5.43. The topological polar surface area (TPSA) is 115 Å². The number of hydrogen-bond donors (Lipinski definition) is 2. The van der Waals surface area contributed by atoms with Gasteiger partial charge in [-0.25, -0.2) is 13.1 Å². The molecule has 3 N–H and O–H groups in total. The smallest absolute Gasteiger partial charge is 0.293 e. The lowest BCUT2D eigenvalue weighted by Gasteiger charge is -2.14. The number of nitrogens with one attached hydrogen (secondary N) is 1. The van der Waals surface area contributed by atoms with Crippen molar-refractivity contribution in [2.75, 3.05) is 17.7 Å². The number of hydrogen-bond acceptors (Lipinski definition) is 6. The van der Waals surface area contributed by atoms with Gasteiger partial charge in [0.25, 0.3) is 5.69 Å². The molecule has 0 aliphatic carbocycles. The van der Waals surface area contributed by atoms with Crippen LogP contribution in [-0.4, -0.2) is 31.4 Å². The van der Waals surface area contributed by atoms with Crippen LogP contribution in [0.4, 0.5) is 11.4 Å². The van der Waals surface area contributed by atoms with Crippen molar-refractivity contribution in [2.45, 2.75) is 24.8 Å². The number of anilines is 1. The summed E-state index contributed by atoms with van der Waals surface area (Å²) in [4.78, 5) is 10.0. The molecule has 20 heavy (non-hydrogen) atoms. The Morgan fingerprint density at radius 3 is 2.60 bits per heavy atom. The van der Waals surface area contributed by atoms with Gasteiger partial charge in [-0.15, -0.1) is 0 Å². The van der Waals surface area contributed by atoms with Crippen molar-refractivity contribution in [2.24, 2.45) is 0 Å². The van der Waals surface area contributed by atoms with Crippen molar-refractivity contribution in [1.82, 2.24) is 4.72 Å². The molecule has 0 spiro atoms. The molecule has 1 rings (SSSR count). The fourth-order valence-corrected chi connectivity index (χ4v) is 3.94. The molecule has 1 atom stereocenters. The maximum atomic E-state index is 12.2. The lowest BCUT2D eigenvalue weighted by molar-refractivity contribution is -0.384. The number of aryl methyl sites for hydroxylation is 1. The molecule has 0 bridgehead atoms. The van der Waals surface area contributed by atoms with E-state index in [2.05, 4.69) is 4.72 Å². The lowest BCUT2D eigenvalue weighted by atomic mass is 10.2. The molecule has 0 aliphatic rings. The summed E-state index contributed by atoms with van der Waals surface area (Å²) in [6.07, 6.45) is 1.87. The molecule has 0 heterocycles.